The Morgan fingerprint density at radius 1 is 0.500 bits per heavy atom. The molecule has 0 fully saturated rings. The number of Topliss-reactive ketones (excluding diaryl/α,β-unsaturated/α-hetero) is 1. The molecule has 234 valence electrons. The van der Waals surface area contributed by atoms with Crippen molar-refractivity contribution in [2.45, 2.75) is 56.7 Å². The van der Waals surface area contributed by atoms with E-state index in [1.165, 1.54) is 16.7 Å². The van der Waals surface area contributed by atoms with Gasteiger partial charge in [-0.05, 0) is 63.2 Å². The lowest BCUT2D eigenvalue weighted by atomic mass is 9.74. The van der Waals surface area contributed by atoms with Gasteiger partial charge in [0.25, 0.3) is 5.91 Å². The Bertz CT molecular complexity index is 1650. The molecule has 0 spiro atoms. The number of benzene rings is 5. The monoisotopic (exact) mass is 647 g/mol. The van der Waals surface area contributed by atoms with Crippen LogP contribution in [0.1, 0.15) is 87.4 Å². The number of carbonyl (C=O) groups is 2. The highest BCUT2D eigenvalue weighted by Crippen LogP contribution is 2.36. The van der Waals surface area contributed by atoms with E-state index >= 15 is 0 Å². The van der Waals surface area contributed by atoms with Crippen molar-refractivity contribution in [3.63, 3.8) is 0 Å². The summed E-state index contributed by atoms with van der Waals surface area (Å²) in [5.74, 6) is 0.808. The lowest BCUT2D eigenvalue weighted by molar-refractivity contribution is 0.0991. The van der Waals surface area contributed by atoms with E-state index in [2.05, 4.69) is 93.7 Å². The fourth-order valence-corrected chi connectivity index (χ4v) is 6.02. The van der Waals surface area contributed by atoms with Crippen LogP contribution in [-0.2, 0) is 29.0 Å². The molecule has 0 radical (unpaired) electrons. The molecule has 0 heterocycles. The summed E-state index contributed by atoms with van der Waals surface area (Å²) < 4.78 is 0. The van der Waals surface area contributed by atoms with Gasteiger partial charge < -0.3 is 5.32 Å². The minimum Gasteiger partial charge on any atom is -0.322 e. The van der Waals surface area contributed by atoms with Crippen LogP contribution in [0, 0.1) is 0 Å². The van der Waals surface area contributed by atoms with Gasteiger partial charge in [0, 0.05) is 45.8 Å². The Balaban J connectivity index is 1.24. The number of carbonyl (C=O) groups excluding carboxylic acids is 2. The molecule has 0 saturated carbocycles. The van der Waals surface area contributed by atoms with E-state index in [-0.39, 0.29) is 22.5 Å². The molecule has 0 saturated heterocycles. The first-order valence-corrected chi connectivity index (χ1v) is 16.5. The molecule has 0 aromatic heterocycles. The van der Waals surface area contributed by atoms with Crippen molar-refractivity contribution < 1.29 is 9.59 Å². The molecule has 0 aliphatic carbocycles. The fraction of sp³-hybridized carbons (Fsp3) is 0.220. The predicted molar refractivity (Wildman–Crippen MR) is 192 cm³/mol. The van der Waals surface area contributed by atoms with Gasteiger partial charge in [0.2, 0.25) is 0 Å². The van der Waals surface area contributed by atoms with Crippen molar-refractivity contribution in [3.8, 4) is 0 Å². The van der Waals surface area contributed by atoms with Gasteiger partial charge in [-0.3, -0.25) is 9.59 Å². The van der Waals surface area contributed by atoms with Gasteiger partial charge in [0.15, 0.2) is 5.78 Å². The van der Waals surface area contributed by atoms with Crippen LogP contribution in [0.4, 0.5) is 5.69 Å². The van der Waals surface area contributed by atoms with Crippen LogP contribution in [0.5, 0.6) is 0 Å². The van der Waals surface area contributed by atoms with Crippen molar-refractivity contribution in [2.75, 3.05) is 5.32 Å². The van der Waals surface area contributed by atoms with Crippen molar-refractivity contribution in [2.24, 2.45) is 0 Å². The van der Waals surface area contributed by atoms with Crippen molar-refractivity contribution in [1.82, 2.24) is 0 Å². The third-order valence-electron chi connectivity index (χ3n) is 9.03. The van der Waals surface area contributed by atoms with Crippen LogP contribution in [0.3, 0.4) is 0 Å². The summed E-state index contributed by atoms with van der Waals surface area (Å²) in [5, 5.41) is 2.98. The highest BCUT2D eigenvalue weighted by molar-refractivity contribution is 6.17. The van der Waals surface area contributed by atoms with Crippen LogP contribution in [0.15, 0.2) is 121 Å². The molecule has 5 aromatic carbocycles. The maximum absolute atomic E-state index is 12.8. The van der Waals surface area contributed by atoms with Crippen LogP contribution < -0.4 is 5.32 Å². The van der Waals surface area contributed by atoms with E-state index in [1.54, 1.807) is 12.1 Å². The molecule has 0 atom stereocenters. The summed E-state index contributed by atoms with van der Waals surface area (Å²) in [6, 6.07) is 40.1. The first-order chi connectivity index (χ1) is 22.0. The lowest BCUT2D eigenvalue weighted by Gasteiger charge is -2.30. The number of hydrogen-bond donors (Lipinski definition) is 1. The molecule has 0 unspecified atom stereocenters. The molecule has 1 N–H and O–H groups in total. The van der Waals surface area contributed by atoms with Crippen LogP contribution in [0.25, 0.3) is 0 Å². The molecule has 5 heteroatoms. The second-order valence-corrected chi connectivity index (χ2v) is 13.4. The van der Waals surface area contributed by atoms with Crippen molar-refractivity contribution in [1.29, 1.82) is 0 Å². The van der Waals surface area contributed by atoms with Crippen LogP contribution >= 0.6 is 23.2 Å². The number of halogens is 2. The quantitative estimate of drug-likeness (QED) is 0.114. The number of hydrogen-bond acceptors (Lipinski definition) is 2. The van der Waals surface area contributed by atoms with Crippen molar-refractivity contribution >= 4 is 40.6 Å². The molecule has 1 amide bonds. The molecule has 5 rings (SSSR count). The molecule has 46 heavy (non-hydrogen) atoms. The second-order valence-electron chi connectivity index (χ2n) is 12.8. The first-order valence-electron chi connectivity index (χ1n) is 15.5. The second kappa shape index (κ2) is 14.1. The standard InChI is InChI=1S/C41H39Cl2NO2/c1-40(2,33-15-9-28(10-16-33)25-38(45)31-11-5-29(26-42)6-12-31)34-17-19-35(20-18-34)41(3,4)36-21-23-37(24-22-36)44-39(46)32-13-7-30(27-43)8-14-32/h5-24H,25-27H2,1-4H3,(H,44,46). The summed E-state index contributed by atoms with van der Waals surface area (Å²) in [5.41, 5.74) is 9.34. The average Bonchev–Trinajstić information content (AvgIpc) is 3.09. The fourth-order valence-electron chi connectivity index (χ4n) is 5.66. The van der Waals surface area contributed by atoms with Gasteiger partial charge in [-0.1, -0.05) is 125 Å². The Morgan fingerprint density at radius 3 is 1.26 bits per heavy atom. The summed E-state index contributed by atoms with van der Waals surface area (Å²) in [7, 11) is 0. The zero-order chi connectivity index (χ0) is 32.9. The van der Waals surface area contributed by atoms with E-state index in [0.29, 0.717) is 29.3 Å². The van der Waals surface area contributed by atoms with E-state index in [9.17, 15) is 9.59 Å². The SMILES string of the molecule is CC(C)(c1ccc(CC(=O)c2ccc(CCl)cc2)cc1)c1ccc(C(C)(C)c2ccc(NC(=O)c3ccc(CCl)cc3)cc2)cc1. The van der Waals surface area contributed by atoms with Gasteiger partial charge in [-0.25, -0.2) is 0 Å². The zero-order valence-corrected chi connectivity index (χ0v) is 28.3. The van der Waals surface area contributed by atoms with Crippen LogP contribution in [-0.4, -0.2) is 11.7 Å². The number of amides is 1. The summed E-state index contributed by atoms with van der Waals surface area (Å²) >= 11 is 11.7. The topological polar surface area (TPSA) is 46.2 Å². The lowest BCUT2D eigenvalue weighted by Crippen LogP contribution is -2.21. The molecular weight excluding hydrogens is 609 g/mol. The molecular formula is C41H39Cl2NO2. The van der Waals surface area contributed by atoms with E-state index in [0.717, 1.165) is 27.9 Å². The molecule has 3 nitrogen and oxygen atoms in total. The van der Waals surface area contributed by atoms with Gasteiger partial charge in [-0.2, -0.15) is 0 Å². The minimum atomic E-state index is -0.235. The normalized spacial score (nSPS) is 11.7. The van der Waals surface area contributed by atoms with Gasteiger partial charge >= 0.3 is 0 Å². The van der Waals surface area contributed by atoms with Gasteiger partial charge in [-0.15, -0.1) is 23.2 Å². The van der Waals surface area contributed by atoms with E-state index < -0.39 is 0 Å². The van der Waals surface area contributed by atoms with Gasteiger partial charge in [0.05, 0.1) is 0 Å². The number of anilines is 1. The number of rotatable bonds is 11. The molecule has 0 aliphatic heterocycles. The highest BCUT2D eigenvalue weighted by atomic mass is 35.5. The summed E-state index contributed by atoms with van der Waals surface area (Å²) in [6.07, 6.45) is 0.362. The Labute approximate surface area is 282 Å². The molecule has 0 bridgehead atoms. The average molecular weight is 649 g/mol. The van der Waals surface area contributed by atoms with E-state index in [4.69, 9.17) is 23.2 Å². The van der Waals surface area contributed by atoms with Crippen LogP contribution in [0.2, 0.25) is 0 Å². The maximum atomic E-state index is 12.8. The predicted octanol–water partition coefficient (Wildman–Crippen LogP) is 10.5. The number of nitrogens with one attached hydrogen (secondary N) is 1. The third kappa shape index (κ3) is 7.44. The minimum absolute atomic E-state index is 0.0967. The highest BCUT2D eigenvalue weighted by Gasteiger charge is 2.27. The van der Waals surface area contributed by atoms with E-state index in [1.807, 2.05) is 48.5 Å². The molecule has 5 aromatic rings. The Hall–Kier alpha value is -4.18. The zero-order valence-electron chi connectivity index (χ0n) is 26.7. The largest absolute Gasteiger partial charge is 0.322 e. The number of ketones is 1. The Kier molecular flexibility index (Phi) is 10.2. The summed E-state index contributed by atoms with van der Waals surface area (Å²) in [4.78, 5) is 25.5. The van der Waals surface area contributed by atoms with Gasteiger partial charge in [0.1, 0.15) is 0 Å². The van der Waals surface area contributed by atoms with Crippen molar-refractivity contribution in [3.05, 3.63) is 171 Å². The molecule has 0 aliphatic rings. The summed E-state index contributed by atoms with van der Waals surface area (Å²) in [6.45, 7) is 8.88. The smallest absolute Gasteiger partial charge is 0.255 e. The first kappa shape index (κ1) is 33.2. The number of alkyl halides is 2. The Morgan fingerprint density at radius 2 is 0.848 bits per heavy atom. The maximum Gasteiger partial charge on any atom is 0.255 e. The third-order valence-corrected chi connectivity index (χ3v) is 9.65.